The van der Waals surface area contributed by atoms with E-state index in [0.717, 1.165) is 11.1 Å². The van der Waals surface area contributed by atoms with E-state index in [4.69, 9.17) is 11.6 Å². The summed E-state index contributed by atoms with van der Waals surface area (Å²) in [6.07, 6.45) is 1.20. The van der Waals surface area contributed by atoms with Gasteiger partial charge >= 0.3 is 0 Å². The van der Waals surface area contributed by atoms with Gasteiger partial charge in [-0.25, -0.2) is 8.42 Å². The van der Waals surface area contributed by atoms with Crippen LogP contribution in [0.15, 0.2) is 53.4 Å². The highest BCUT2D eigenvalue weighted by molar-refractivity contribution is 7.90. The van der Waals surface area contributed by atoms with Crippen molar-refractivity contribution in [2.45, 2.75) is 4.90 Å². The fourth-order valence-electron chi connectivity index (χ4n) is 1.54. The summed E-state index contributed by atoms with van der Waals surface area (Å²) in [7, 11) is -3.13. The van der Waals surface area contributed by atoms with Crippen LogP contribution in [-0.4, -0.2) is 14.7 Å². The standard InChI is InChI=1S/C13H11ClO2S/c1-17(15,16)13-8-4-11(5-9-13)10-2-6-12(14)7-3-10/h2-9H,1H3. The zero-order valence-corrected chi connectivity index (χ0v) is 10.8. The number of hydrogen-bond donors (Lipinski definition) is 0. The number of sulfone groups is 1. The van der Waals surface area contributed by atoms with Crippen molar-refractivity contribution in [2.24, 2.45) is 0 Å². The van der Waals surface area contributed by atoms with Crippen LogP contribution in [0.3, 0.4) is 0 Å². The van der Waals surface area contributed by atoms with Gasteiger partial charge in [0.05, 0.1) is 4.90 Å². The molecule has 0 bridgehead atoms. The number of halogens is 1. The summed E-state index contributed by atoms with van der Waals surface area (Å²) in [6.45, 7) is 0. The molecule has 0 fully saturated rings. The van der Waals surface area contributed by atoms with Crippen molar-refractivity contribution in [1.82, 2.24) is 0 Å². The molecule has 2 nitrogen and oxygen atoms in total. The first-order valence-electron chi connectivity index (χ1n) is 5.03. The van der Waals surface area contributed by atoms with E-state index in [0.29, 0.717) is 9.92 Å². The minimum atomic E-state index is -3.13. The molecule has 88 valence electrons. The van der Waals surface area contributed by atoms with Gasteiger partial charge in [0.25, 0.3) is 0 Å². The minimum Gasteiger partial charge on any atom is -0.224 e. The zero-order chi connectivity index (χ0) is 12.5. The molecule has 0 unspecified atom stereocenters. The minimum absolute atomic E-state index is 0.329. The molecule has 0 aliphatic carbocycles. The molecule has 0 saturated heterocycles. The lowest BCUT2D eigenvalue weighted by atomic mass is 10.1. The third-order valence-electron chi connectivity index (χ3n) is 2.46. The molecular formula is C13H11ClO2S. The Bertz CT molecular complexity index is 613. The lowest BCUT2D eigenvalue weighted by Crippen LogP contribution is -1.96. The maximum atomic E-state index is 11.3. The van der Waals surface area contributed by atoms with Gasteiger partial charge in [-0.1, -0.05) is 35.9 Å². The summed E-state index contributed by atoms with van der Waals surface area (Å²) in [4.78, 5) is 0.329. The Balaban J connectivity index is 2.39. The maximum Gasteiger partial charge on any atom is 0.175 e. The van der Waals surface area contributed by atoms with Crippen LogP contribution in [0, 0.1) is 0 Å². The van der Waals surface area contributed by atoms with E-state index in [-0.39, 0.29) is 0 Å². The Morgan fingerprint density at radius 3 is 1.65 bits per heavy atom. The number of hydrogen-bond acceptors (Lipinski definition) is 2. The van der Waals surface area contributed by atoms with E-state index in [1.807, 2.05) is 12.1 Å². The van der Waals surface area contributed by atoms with Gasteiger partial charge in [0, 0.05) is 11.3 Å². The van der Waals surface area contributed by atoms with Crippen molar-refractivity contribution in [3.05, 3.63) is 53.6 Å². The molecule has 0 radical (unpaired) electrons. The van der Waals surface area contributed by atoms with Gasteiger partial charge in [-0.15, -0.1) is 0 Å². The molecule has 0 N–H and O–H groups in total. The highest BCUT2D eigenvalue weighted by atomic mass is 35.5. The second-order valence-corrected chi connectivity index (χ2v) is 6.26. The van der Waals surface area contributed by atoms with Crippen molar-refractivity contribution >= 4 is 21.4 Å². The van der Waals surface area contributed by atoms with E-state index < -0.39 is 9.84 Å². The fourth-order valence-corrected chi connectivity index (χ4v) is 2.29. The third kappa shape index (κ3) is 2.87. The van der Waals surface area contributed by atoms with Crippen LogP contribution in [-0.2, 0) is 9.84 Å². The predicted molar refractivity (Wildman–Crippen MR) is 70.0 cm³/mol. The van der Waals surface area contributed by atoms with Crippen molar-refractivity contribution in [3.8, 4) is 11.1 Å². The second-order valence-electron chi connectivity index (χ2n) is 3.80. The van der Waals surface area contributed by atoms with Gasteiger partial charge in [0.15, 0.2) is 9.84 Å². The van der Waals surface area contributed by atoms with E-state index >= 15 is 0 Å². The highest BCUT2D eigenvalue weighted by Crippen LogP contribution is 2.22. The molecular weight excluding hydrogens is 256 g/mol. The summed E-state index contributed by atoms with van der Waals surface area (Å²) in [5, 5.41) is 0.682. The smallest absolute Gasteiger partial charge is 0.175 e. The summed E-state index contributed by atoms with van der Waals surface area (Å²) in [5.41, 5.74) is 1.98. The predicted octanol–water partition coefficient (Wildman–Crippen LogP) is 3.41. The van der Waals surface area contributed by atoms with E-state index in [9.17, 15) is 8.42 Å². The number of rotatable bonds is 2. The van der Waals surface area contributed by atoms with Crippen LogP contribution < -0.4 is 0 Å². The van der Waals surface area contributed by atoms with E-state index in [2.05, 4.69) is 0 Å². The first-order chi connectivity index (χ1) is 7.97. The van der Waals surface area contributed by atoms with Crippen molar-refractivity contribution < 1.29 is 8.42 Å². The van der Waals surface area contributed by atoms with Crippen molar-refractivity contribution in [3.63, 3.8) is 0 Å². The van der Waals surface area contributed by atoms with Gasteiger partial charge in [0.2, 0.25) is 0 Å². The van der Waals surface area contributed by atoms with Gasteiger partial charge in [-0.2, -0.15) is 0 Å². The molecule has 0 spiro atoms. The van der Waals surface area contributed by atoms with Gasteiger partial charge < -0.3 is 0 Å². The molecule has 2 rings (SSSR count). The molecule has 2 aromatic rings. The molecule has 0 saturated carbocycles. The Hall–Kier alpha value is -1.32. The Morgan fingerprint density at radius 1 is 0.824 bits per heavy atom. The highest BCUT2D eigenvalue weighted by Gasteiger charge is 2.06. The first kappa shape index (κ1) is 12.1. The third-order valence-corrected chi connectivity index (χ3v) is 3.84. The molecule has 0 atom stereocenters. The average molecular weight is 267 g/mol. The Morgan fingerprint density at radius 2 is 1.24 bits per heavy atom. The topological polar surface area (TPSA) is 34.1 Å². The second kappa shape index (κ2) is 4.51. The van der Waals surface area contributed by atoms with Crippen molar-refractivity contribution in [2.75, 3.05) is 6.26 Å². The summed E-state index contributed by atoms with van der Waals surface area (Å²) < 4.78 is 22.6. The lowest BCUT2D eigenvalue weighted by molar-refractivity contribution is 0.602. The Kier molecular flexibility index (Phi) is 3.22. The van der Waals surface area contributed by atoms with E-state index in [1.165, 1.54) is 6.26 Å². The van der Waals surface area contributed by atoms with E-state index in [1.54, 1.807) is 36.4 Å². The summed E-state index contributed by atoms with van der Waals surface area (Å²) in [5.74, 6) is 0. The molecule has 0 amide bonds. The summed E-state index contributed by atoms with van der Waals surface area (Å²) >= 11 is 5.80. The maximum absolute atomic E-state index is 11.3. The van der Waals surface area contributed by atoms with Crippen LogP contribution in [0.2, 0.25) is 5.02 Å². The van der Waals surface area contributed by atoms with Crippen molar-refractivity contribution in [1.29, 1.82) is 0 Å². The van der Waals surface area contributed by atoms with Crippen LogP contribution in [0.4, 0.5) is 0 Å². The Labute approximate surface area is 106 Å². The molecule has 0 heterocycles. The molecule has 0 aromatic heterocycles. The van der Waals surface area contributed by atoms with Gasteiger partial charge in [-0.3, -0.25) is 0 Å². The van der Waals surface area contributed by atoms with Crippen LogP contribution in [0.1, 0.15) is 0 Å². The normalized spacial score (nSPS) is 11.4. The molecule has 0 aliphatic heterocycles. The van der Waals surface area contributed by atoms with Gasteiger partial charge in [0.1, 0.15) is 0 Å². The molecule has 0 aliphatic rings. The molecule has 17 heavy (non-hydrogen) atoms. The molecule has 4 heteroatoms. The van der Waals surface area contributed by atoms with Gasteiger partial charge in [-0.05, 0) is 35.4 Å². The van der Waals surface area contributed by atoms with Crippen LogP contribution >= 0.6 is 11.6 Å². The average Bonchev–Trinajstić information content (AvgIpc) is 2.29. The SMILES string of the molecule is CS(=O)(=O)c1ccc(-c2ccc(Cl)cc2)cc1. The first-order valence-corrected chi connectivity index (χ1v) is 7.30. The van der Waals surface area contributed by atoms with Crippen LogP contribution in [0.5, 0.6) is 0 Å². The molecule has 2 aromatic carbocycles. The largest absolute Gasteiger partial charge is 0.224 e. The number of benzene rings is 2. The quantitative estimate of drug-likeness (QED) is 0.835. The fraction of sp³-hybridized carbons (Fsp3) is 0.0769. The lowest BCUT2D eigenvalue weighted by Gasteiger charge is -2.03. The summed E-state index contributed by atoms with van der Waals surface area (Å²) in [6, 6.07) is 14.2. The zero-order valence-electron chi connectivity index (χ0n) is 9.22. The monoisotopic (exact) mass is 266 g/mol. The van der Waals surface area contributed by atoms with Crippen LogP contribution in [0.25, 0.3) is 11.1 Å².